The van der Waals surface area contributed by atoms with Crippen LogP contribution in [0.1, 0.15) is 32.8 Å². The van der Waals surface area contributed by atoms with Crippen LogP contribution in [0.3, 0.4) is 0 Å². The number of carbonyl (C=O) groups excluding carboxylic acids is 2. The molecule has 0 aliphatic rings. The highest BCUT2D eigenvalue weighted by Gasteiger charge is 2.14. The van der Waals surface area contributed by atoms with Crippen molar-refractivity contribution in [1.29, 1.82) is 0 Å². The van der Waals surface area contributed by atoms with Crippen LogP contribution in [-0.2, 0) is 15.0 Å². The molecule has 0 radical (unpaired) electrons. The normalized spacial score (nSPS) is 11.0. The maximum atomic E-state index is 12.0. The lowest BCUT2D eigenvalue weighted by molar-refractivity contribution is -0.123. The number of benzene rings is 2. The smallest absolute Gasteiger partial charge is 0.233 e. The fourth-order valence-corrected chi connectivity index (χ4v) is 2.58. The van der Waals surface area contributed by atoms with Gasteiger partial charge in [-0.1, -0.05) is 54.9 Å². The SMILES string of the molecule is CC(C)(C)c1ccc(NC(=O)CC(=O)Nc2cccc(Br)c2)cc1. The van der Waals surface area contributed by atoms with Crippen molar-refractivity contribution in [2.45, 2.75) is 32.6 Å². The van der Waals surface area contributed by atoms with Crippen molar-refractivity contribution in [1.82, 2.24) is 0 Å². The van der Waals surface area contributed by atoms with Crippen LogP contribution in [0.25, 0.3) is 0 Å². The summed E-state index contributed by atoms with van der Waals surface area (Å²) in [4.78, 5) is 23.9. The highest BCUT2D eigenvalue weighted by atomic mass is 79.9. The molecule has 2 aromatic rings. The Morgan fingerprint density at radius 2 is 1.50 bits per heavy atom. The van der Waals surface area contributed by atoms with Gasteiger partial charge in [-0.15, -0.1) is 0 Å². The van der Waals surface area contributed by atoms with Gasteiger partial charge in [-0.25, -0.2) is 0 Å². The fourth-order valence-electron chi connectivity index (χ4n) is 2.18. The van der Waals surface area contributed by atoms with Crippen LogP contribution in [0.15, 0.2) is 53.0 Å². The largest absolute Gasteiger partial charge is 0.326 e. The van der Waals surface area contributed by atoms with Gasteiger partial charge < -0.3 is 10.6 Å². The van der Waals surface area contributed by atoms with Gasteiger partial charge in [0.2, 0.25) is 11.8 Å². The molecule has 24 heavy (non-hydrogen) atoms. The van der Waals surface area contributed by atoms with E-state index < -0.39 is 0 Å². The standard InChI is InChI=1S/C19H21BrN2O2/c1-19(2,3)13-7-9-15(10-8-13)21-17(23)12-18(24)22-16-6-4-5-14(20)11-16/h4-11H,12H2,1-3H3,(H,21,23)(H,22,24). The van der Waals surface area contributed by atoms with Gasteiger partial charge >= 0.3 is 0 Å². The average molecular weight is 389 g/mol. The molecule has 0 bridgehead atoms. The minimum Gasteiger partial charge on any atom is -0.326 e. The lowest BCUT2D eigenvalue weighted by atomic mass is 9.87. The van der Waals surface area contributed by atoms with E-state index in [1.165, 1.54) is 5.56 Å². The molecule has 2 N–H and O–H groups in total. The molecule has 2 aromatic carbocycles. The summed E-state index contributed by atoms with van der Waals surface area (Å²) in [5.41, 5.74) is 2.58. The summed E-state index contributed by atoms with van der Waals surface area (Å²) in [6.07, 6.45) is -0.229. The van der Waals surface area contributed by atoms with Crippen molar-refractivity contribution >= 4 is 39.1 Å². The number of hydrogen-bond donors (Lipinski definition) is 2. The molecule has 0 saturated heterocycles. The predicted molar refractivity (Wildman–Crippen MR) is 101 cm³/mol. The molecule has 126 valence electrons. The van der Waals surface area contributed by atoms with E-state index in [1.54, 1.807) is 12.1 Å². The Balaban J connectivity index is 1.89. The Hall–Kier alpha value is -2.14. The molecule has 0 saturated carbocycles. The van der Waals surface area contributed by atoms with E-state index in [2.05, 4.69) is 47.3 Å². The maximum absolute atomic E-state index is 12.0. The second kappa shape index (κ2) is 7.62. The van der Waals surface area contributed by atoms with E-state index in [-0.39, 0.29) is 23.7 Å². The van der Waals surface area contributed by atoms with Crippen LogP contribution in [0.4, 0.5) is 11.4 Å². The van der Waals surface area contributed by atoms with Gasteiger partial charge in [0, 0.05) is 15.8 Å². The lowest BCUT2D eigenvalue weighted by Gasteiger charge is -2.19. The van der Waals surface area contributed by atoms with Crippen LogP contribution in [0, 0.1) is 0 Å². The first-order valence-electron chi connectivity index (χ1n) is 7.70. The van der Waals surface area contributed by atoms with E-state index in [4.69, 9.17) is 0 Å². The Labute approximate surface area is 150 Å². The minimum atomic E-state index is -0.350. The first-order valence-corrected chi connectivity index (χ1v) is 8.49. The van der Waals surface area contributed by atoms with Crippen LogP contribution < -0.4 is 10.6 Å². The molecule has 0 fully saturated rings. The molecule has 2 rings (SSSR count). The third kappa shape index (κ3) is 5.49. The number of hydrogen-bond acceptors (Lipinski definition) is 2. The summed E-state index contributed by atoms with van der Waals surface area (Å²) in [6.45, 7) is 6.40. The monoisotopic (exact) mass is 388 g/mol. The van der Waals surface area contributed by atoms with Crippen LogP contribution in [-0.4, -0.2) is 11.8 Å². The summed E-state index contributed by atoms with van der Waals surface area (Å²) in [6, 6.07) is 14.9. The second-order valence-electron chi connectivity index (χ2n) is 6.61. The van der Waals surface area contributed by atoms with E-state index in [0.29, 0.717) is 11.4 Å². The number of anilines is 2. The predicted octanol–water partition coefficient (Wildman–Crippen LogP) is 4.71. The van der Waals surface area contributed by atoms with E-state index in [1.807, 2.05) is 36.4 Å². The maximum Gasteiger partial charge on any atom is 0.233 e. The van der Waals surface area contributed by atoms with Crippen molar-refractivity contribution < 1.29 is 9.59 Å². The van der Waals surface area contributed by atoms with Gasteiger partial charge in [-0.2, -0.15) is 0 Å². The van der Waals surface area contributed by atoms with Gasteiger partial charge in [0.15, 0.2) is 0 Å². The second-order valence-corrected chi connectivity index (χ2v) is 7.53. The molecule has 0 aromatic heterocycles. The first-order chi connectivity index (χ1) is 11.2. The van der Waals surface area contributed by atoms with E-state index in [0.717, 1.165) is 4.47 Å². The zero-order valence-corrected chi connectivity index (χ0v) is 15.6. The minimum absolute atomic E-state index is 0.0619. The van der Waals surface area contributed by atoms with Crippen molar-refractivity contribution in [3.8, 4) is 0 Å². The van der Waals surface area contributed by atoms with Crippen molar-refractivity contribution in [2.75, 3.05) is 10.6 Å². The zero-order chi connectivity index (χ0) is 17.7. The van der Waals surface area contributed by atoms with Crippen LogP contribution in [0.2, 0.25) is 0 Å². The summed E-state index contributed by atoms with van der Waals surface area (Å²) in [5.74, 6) is -0.692. The molecule has 0 aliphatic carbocycles. The molecule has 0 spiro atoms. The fraction of sp³-hybridized carbons (Fsp3) is 0.263. The van der Waals surface area contributed by atoms with Crippen LogP contribution in [0.5, 0.6) is 0 Å². The summed E-state index contributed by atoms with van der Waals surface area (Å²) < 4.78 is 0.865. The van der Waals surface area contributed by atoms with Crippen LogP contribution >= 0.6 is 15.9 Å². The summed E-state index contributed by atoms with van der Waals surface area (Å²) >= 11 is 3.34. The van der Waals surface area contributed by atoms with Crippen molar-refractivity contribution in [2.24, 2.45) is 0 Å². The average Bonchev–Trinajstić information content (AvgIpc) is 2.46. The van der Waals surface area contributed by atoms with Gasteiger partial charge in [0.05, 0.1) is 0 Å². The molecule has 5 heteroatoms. The lowest BCUT2D eigenvalue weighted by Crippen LogP contribution is -2.21. The zero-order valence-electron chi connectivity index (χ0n) is 14.0. The number of carbonyl (C=O) groups is 2. The molecule has 0 heterocycles. The Morgan fingerprint density at radius 3 is 2.04 bits per heavy atom. The van der Waals surface area contributed by atoms with Crippen molar-refractivity contribution in [3.05, 3.63) is 58.6 Å². The Kier molecular flexibility index (Phi) is 5.78. The molecular weight excluding hydrogens is 368 g/mol. The number of nitrogens with one attached hydrogen (secondary N) is 2. The number of amides is 2. The summed E-state index contributed by atoms with van der Waals surface area (Å²) in [5, 5.41) is 5.44. The first kappa shape index (κ1) is 18.2. The van der Waals surface area contributed by atoms with Gasteiger partial charge in [-0.05, 0) is 41.3 Å². The molecule has 0 unspecified atom stereocenters. The number of rotatable bonds is 4. The highest BCUT2D eigenvalue weighted by molar-refractivity contribution is 9.10. The van der Waals surface area contributed by atoms with E-state index in [9.17, 15) is 9.59 Å². The molecular formula is C19H21BrN2O2. The molecule has 4 nitrogen and oxygen atoms in total. The van der Waals surface area contributed by atoms with Gasteiger partial charge in [-0.3, -0.25) is 9.59 Å². The number of halogens is 1. The third-order valence-corrected chi connectivity index (χ3v) is 3.96. The topological polar surface area (TPSA) is 58.2 Å². The molecule has 2 amide bonds. The van der Waals surface area contributed by atoms with Gasteiger partial charge in [0.25, 0.3) is 0 Å². The van der Waals surface area contributed by atoms with E-state index >= 15 is 0 Å². The summed E-state index contributed by atoms with van der Waals surface area (Å²) in [7, 11) is 0. The molecule has 0 atom stereocenters. The Bertz CT molecular complexity index is 734. The Morgan fingerprint density at radius 1 is 0.917 bits per heavy atom. The quantitative estimate of drug-likeness (QED) is 0.744. The molecule has 0 aliphatic heterocycles. The van der Waals surface area contributed by atoms with Gasteiger partial charge in [0.1, 0.15) is 6.42 Å². The highest BCUT2D eigenvalue weighted by Crippen LogP contribution is 2.23. The third-order valence-electron chi connectivity index (χ3n) is 3.46. The van der Waals surface area contributed by atoms with Crippen molar-refractivity contribution in [3.63, 3.8) is 0 Å².